The Morgan fingerprint density at radius 3 is 2.40 bits per heavy atom. The highest BCUT2D eigenvalue weighted by molar-refractivity contribution is 6.76. The van der Waals surface area contributed by atoms with Crippen molar-refractivity contribution in [2.24, 2.45) is 7.05 Å². The lowest BCUT2D eigenvalue weighted by Gasteiger charge is -2.36. The van der Waals surface area contributed by atoms with Crippen molar-refractivity contribution in [3.8, 4) is 17.2 Å². The highest BCUT2D eigenvalue weighted by atomic mass is 28.3. The summed E-state index contributed by atoms with van der Waals surface area (Å²) in [6, 6.07) is 4.54. The van der Waals surface area contributed by atoms with E-state index in [0.717, 1.165) is 36.1 Å². The fraction of sp³-hybridized carbons (Fsp3) is 0.676. The lowest BCUT2D eigenvalue weighted by atomic mass is 9.91. The number of piperidine rings is 1. The van der Waals surface area contributed by atoms with E-state index < -0.39 is 28.0 Å². The molecule has 2 atom stereocenters. The number of carbonyl (C=O) groups excluding carboxylic acids is 1. The first-order valence-corrected chi connectivity index (χ1v) is 24.5. The second kappa shape index (κ2) is 15.1. The molecule has 48 heavy (non-hydrogen) atoms. The number of amides is 1. The summed E-state index contributed by atoms with van der Waals surface area (Å²) < 4.78 is 22.1. The van der Waals surface area contributed by atoms with Crippen molar-refractivity contribution in [2.75, 3.05) is 37.9 Å². The van der Waals surface area contributed by atoms with E-state index in [1.165, 1.54) is 0 Å². The number of hydrogen-bond donors (Lipinski definition) is 0. The van der Waals surface area contributed by atoms with Gasteiger partial charge in [-0.1, -0.05) is 39.3 Å². The molecule has 3 aromatic rings. The molecule has 0 saturated carbocycles. The molecule has 0 aromatic carbocycles. The summed E-state index contributed by atoms with van der Waals surface area (Å²) in [6.45, 7) is 24.1. The minimum atomic E-state index is -1.35. The van der Waals surface area contributed by atoms with Crippen molar-refractivity contribution < 1.29 is 19.0 Å². The Balaban J connectivity index is 1.85. The largest absolute Gasteiger partial charge is 0.444 e. The van der Waals surface area contributed by atoms with E-state index in [2.05, 4.69) is 50.4 Å². The minimum Gasteiger partial charge on any atom is -0.444 e. The van der Waals surface area contributed by atoms with Gasteiger partial charge in [0.2, 0.25) is 0 Å². The number of likely N-dealkylation sites (tertiary alicyclic amines) is 1. The zero-order valence-corrected chi connectivity index (χ0v) is 33.0. The number of hydrogen-bond acceptors (Lipinski definition) is 9. The SMILES string of the molecule is CC(OCC[Si](C)(C)C)N(COCC[Si](C)(C)C)c1c(C#N)c(C2CCCN(C(=O)OC(C)(C)C)C2)nc2c(-c3cnn(C)c3)cnn12. The molecule has 4 rings (SSSR count). The predicted octanol–water partition coefficient (Wildman–Crippen LogP) is 6.94. The zero-order valence-electron chi connectivity index (χ0n) is 31.0. The average molecular weight is 697 g/mol. The molecule has 264 valence electrons. The van der Waals surface area contributed by atoms with Crippen LogP contribution >= 0.6 is 0 Å². The Kier molecular flexibility index (Phi) is 11.8. The molecule has 4 heterocycles. The van der Waals surface area contributed by atoms with Gasteiger partial charge in [-0.15, -0.1) is 0 Å². The first-order valence-electron chi connectivity index (χ1n) is 17.1. The fourth-order valence-corrected chi connectivity index (χ4v) is 7.11. The van der Waals surface area contributed by atoms with Crippen LogP contribution in [-0.2, 0) is 21.3 Å². The number of ether oxygens (including phenoxy) is 3. The lowest BCUT2D eigenvalue weighted by Crippen LogP contribution is -2.43. The van der Waals surface area contributed by atoms with Gasteiger partial charge in [0.15, 0.2) is 11.5 Å². The second-order valence-corrected chi connectivity index (χ2v) is 27.6. The Hall–Kier alpha value is -3.26. The summed E-state index contributed by atoms with van der Waals surface area (Å²) >= 11 is 0. The first kappa shape index (κ1) is 37.6. The molecule has 12 nitrogen and oxygen atoms in total. The molecule has 1 aliphatic heterocycles. The van der Waals surface area contributed by atoms with Gasteiger partial charge in [0.05, 0.1) is 18.1 Å². The molecule has 1 fully saturated rings. The van der Waals surface area contributed by atoms with Crippen molar-refractivity contribution in [2.45, 2.75) is 110 Å². The van der Waals surface area contributed by atoms with Crippen LogP contribution in [0.3, 0.4) is 0 Å². The molecule has 14 heteroatoms. The van der Waals surface area contributed by atoms with E-state index in [4.69, 9.17) is 24.3 Å². The normalized spacial score (nSPS) is 16.6. The fourth-order valence-electron chi connectivity index (χ4n) is 5.62. The van der Waals surface area contributed by atoms with Crippen LogP contribution in [0.2, 0.25) is 51.4 Å². The summed E-state index contributed by atoms with van der Waals surface area (Å²) in [5, 5.41) is 20.1. The van der Waals surface area contributed by atoms with E-state index in [0.29, 0.717) is 49.0 Å². The number of nitriles is 1. The molecule has 0 N–H and O–H groups in total. The topological polar surface area (TPSA) is 123 Å². The van der Waals surface area contributed by atoms with Gasteiger partial charge in [0.25, 0.3) is 0 Å². The van der Waals surface area contributed by atoms with Gasteiger partial charge in [-0.2, -0.15) is 20.0 Å². The third kappa shape index (κ3) is 9.90. The molecule has 1 saturated heterocycles. The maximum Gasteiger partial charge on any atom is 0.410 e. The maximum absolute atomic E-state index is 13.2. The number of aromatic nitrogens is 5. The Morgan fingerprint density at radius 2 is 1.79 bits per heavy atom. The second-order valence-electron chi connectivity index (χ2n) is 16.4. The van der Waals surface area contributed by atoms with E-state index in [1.54, 1.807) is 26.5 Å². The van der Waals surface area contributed by atoms with Gasteiger partial charge in [-0.05, 0) is 52.6 Å². The highest BCUT2D eigenvalue weighted by Crippen LogP contribution is 2.37. The van der Waals surface area contributed by atoms with E-state index >= 15 is 0 Å². The monoisotopic (exact) mass is 696 g/mol. The van der Waals surface area contributed by atoms with Crippen LogP contribution in [0, 0.1) is 11.3 Å². The minimum absolute atomic E-state index is 0.181. The molecular weight excluding hydrogens is 641 g/mol. The van der Waals surface area contributed by atoms with Crippen LogP contribution in [0.25, 0.3) is 16.8 Å². The summed E-state index contributed by atoms with van der Waals surface area (Å²) in [5.74, 6) is 0.398. The summed E-state index contributed by atoms with van der Waals surface area (Å²) in [4.78, 5) is 22.1. The quantitative estimate of drug-likeness (QED) is 0.106. The number of aryl methyl sites for hydroxylation is 1. The van der Waals surface area contributed by atoms with Gasteiger partial charge in [0.1, 0.15) is 30.2 Å². The number of rotatable bonds is 13. The number of nitrogens with zero attached hydrogens (tertiary/aromatic N) is 8. The van der Waals surface area contributed by atoms with Gasteiger partial charge in [-0.3, -0.25) is 4.68 Å². The average Bonchev–Trinajstić information content (AvgIpc) is 3.60. The third-order valence-electron chi connectivity index (χ3n) is 8.39. The van der Waals surface area contributed by atoms with E-state index in [-0.39, 0.29) is 18.7 Å². The molecule has 0 spiro atoms. The van der Waals surface area contributed by atoms with Crippen molar-refractivity contribution >= 4 is 33.7 Å². The third-order valence-corrected chi connectivity index (χ3v) is 11.8. The van der Waals surface area contributed by atoms with Crippen LogP contribution in [0.4, 0.5) is 10.6 Å². The number of anilines is 1. The molecule has 1 amide bonds. The smallest absolute Gasteiger partial charge is 0.410 e. The zero-order chi connectivity index (χ0) is 35.4. The highest BCUT2D eigenvalue weighted by Gasteiger charge is 2.34. The van der Waals surface area contributed by atoms with Crippen LogP contribution in [0.5, 0.6) is 0 Å². The summed E-state index contributed by atoms with van der Waals surface area (Å²) in [5.41, 5.74) is 2.74. The van der Waals surface area contributed by atoms with Gasteiger partial charge in [-0.25, -0.2) is 9.78 Å². The van der Waals surface area contributed by atoms with Crippen LogP contribution in [0.15, 0.2) is 18.6 Å². The Bertz CT molecular complexity index is 1600. The molecule has 0 bridgehead atoms. The number of fused-ring (bicyclic) bond motifs is 1. The number of carbonyl (C=O) groups is 1. The van der Waals surface area contributed by atoms with E-state index in [1.807, 2.05) is 45.8 Å². The van der Waals surface area contributed by atoms with Crippen LogP contribution in [-0.4, -0.2) is 96.4 Å². The van der Waals surface area contributed by atoms with Crippen LogP contribution < -0.4 is 4.90 Å². The van der Waals surface area contributed by atoms with Gasteiger partial charge >= 0.3 is 6.09 Å². The maximum atomic E-state index is 13.2. The van der Waals surface area contributed by atoms with E-state index in [9.17, 15) is 10.1 Å². The first-order chi connectivity index (χ1) is 22.4. The lowest BCUT2D eigenvalue weighted by molar-refractivity contribution is 0.0197. The molecular formula is C34H56N8O4Si2. The molecule has 1 aliphatic rings. The molecule has 2 unspecified atom stereocenters. The van der Waals surface area contributed by atoms with Crippen molar-refractivity contribution in [1.29, 1.82) is 5.26 Å². The van der Waals surface area contributed by atoms with Crippen molar-refractivity contribution in [3.63, 3.8) is 0 Å². The Morgan fingerprint density at radius 1 is 1.10 bits per heavy atom. The van der Waals surface area contributed by atoms with Crippen molar-refractivity contribution in [3.05, 3.63) is 29.8 Å². The van der Waals surface area contributed by atoms with Gasteiger partial charge in [0, 0.05) is 72.7 Å². The van der Waals surface area contributed by atoms with Crippen LogP contribution in [0.1, 0.15) is 57.7 Å². The summed E-state index contributed by atoms with van der Waals surface area (Å²) in [7, 11) is -0.807. The molecule has 0 radical (unpaired) electrons. The predicted molar refractivity (Wildman–Crippen MR) is 195 cm³/mol. The Labute approximate surface area is 288 Å². The molecule has 0 aliphatic carbocycles. The standard InChI is InChI=1S/C34H56N8O4Si2/c1-25(45-16-18-48(9,10)11)41(24-44-15-17-47(6,7)8)32-28(19-35)30(26-13-12-14-40(23-26)33(43)46-34(2,3)4)38-31-29(21-37-42(31)32)27-20-36-39(5)22-27/h20-22,25-26H,12-18,23-24H2,1-11H3. The molecule has 3 aromatic heterocycles. The summed E-state index contributed by atoms with van der Waals surface area (Å²) in [6.07, 6.45) is 6.29. The van der Waals surface area contributed by atoms with Crippen molar-refractivity contribution in [1.82, 2.24) is 29.3 Å². The van der Waals surface area contributed by atoms with Gasteiger partial charge < -0.3 is 24.0 Å².